The number of nitrogens with one attached hydrogen (secondary N) is 2. The molecule has 234 valence electrons. The van der Waals surface area contributed by atoms with E-state index in [9.17, 15) is 14.4 Å². The van der Waals surface area contributed by atoms with E-state index in [0.717, 1.165) is 10.4 Å². The third-order valence-electron chi connectivity index (χ3n) is 6.95. The second-order valence-corrected chi connectivity index (χ2v) is 18.3. The molecule has 0 spiro atoms. The third-order valence-corrected chi connectivity index (χ3v) is 11.9. The third kappa shape index (κ3) is 9.24. The molecular weight excluding hydrogens is 562 g/mol. The predicted molar refractivity (Wildman–Crippen MR) is 171 cm³/mol. The van der Waals surface area contributed by atoms with Crippen molar-refractivity contribution < 1.29 is 28.3 Å². The highest BCUT2D eigenvalue weighted by molar-refractivity contribution is 6.99. The molecule has 43 heavy (non-hydrogen) atoms. The molecule has 1 aliphatic heterocycles. The summed E-state index contributed by atoms with van der Waals surface area (Å²) in [7, 11) is -2.83. The number of nitrogens with zero attached hydrogens (tertiary/aromatic N) is 1. The standard InChI is InChI=1S/C33H47N3O6Si/c1-31(2,3)41-29(38)27(34-30(39)42-32(4,5)6)21-23-20-24(35-36-28(23)37)22-40-43(33(7,8)9,25-16-12-10-13-17-25)26-18-14-11-15-19-26/h10-19,23,27H,20-22H2,1-9H3,(H,34,39)(H,36,37)/t23-,27-/m0/s1. The predicted octanol–water partition coefficient (Wildman–Crippen LogP) is 4.68. The molecule has 0 fully saturated rings. The van der Waals surface area contributed by atoms with Crippen LogP contribution in [-0.4, -0.2) is 55.8 Å². The van der Waals surface area contributed by atoms with Crippen LogP contribution in [0.25, 0.3) is 0 Å². The van der Waals surface area contributed by atoms with E-state index in [1.165, 1.54) is 0 Å². The van der Waals surface area contributed by atoms with Crippen LogP contribution in [0.3, 0.4) is 0 Å². The van der Waals surface area contributed by atoms with Crippen molar-refractivity contribution in [3.05, 3.63) is 60.7 Å². The van der Waals surface area contributed by atoms with E-state index in [4.69, 9.17) is 13.9 Å². The highest BCUT2D eigenvalue weighted by Crippen LogP contribution is 2.37. The molecule has 2 atom stereocenters. The van der Waals surface area contributed by atoms with E-state index in [1.54, 1.807) is 41.5 Å². The van der Waals surface area contributed by atoms with Gasteiger partial charge in [0.05, 0.1) is 12.3 Å². The number of esters is 1. The Kier molecular flexibility index (Phi) is 10.6. The fraction of sp³-hybridized carbons (Fsp3) is 0.515. The lowest BCUT2D eigenvalue weighted by Crippen LogP contribution is -2.67. The minimum Gasteiger partial charge on any atom is -0.458 e. The van der Waals surface area contributed by atoms with Gasteiger partial charge in [0.25, 0.3) is 8.32 Å². The van der Waals surface area contributed by atoms with Crippen molar-refractivity contribution in [1.82, 2.24) is 10.7 Å². The molecule has 0 unspecified atom stereocenters. The summed E-state index contributed by atoms with van der Waals surface area (Å²) in [5, 5.41) is 9.00. The van der Waals surface area contributed by atoms with Gasteiger partial charge in [-0.05, 0) is 63.4 Å². The average Bonchev–Trinajstić information content (AvgIpc) is 2.88. The first-order valence-electron chi connectivity index (χ1n) is 14.7. The summed E-state index contributed by atoms with van der Waals surface area (Å²) < 4.78 is 18.0. The minimum absolute atomic E-state index is 0.0121. The normalized spacial score (nSPS) is 16.9. The number of hydrogen-bond donors (Lipinski definition) is 2. The molecule has 0 aliphatic carbocycles. The summed E-state index contributed by atoms with van der Waals surface area (Å²) in [4.78, 5) is 38.7. The highest BCUT2D eigenvalue weighted by Gasteiger charge is 2.50. The Morgan fingerprint density at radius 2 is 1.40 bits per heavy atom. The van der Waals surface area contributed by atoms with Gasteiger partial charge in [0.2, 0.25) is 5.91 Å². The van der Waals surface area contributed by atoms with Crippen LogP contribution in [0.5, 0.6) is 0 Å². The van der Waals surface area contributed by atoms with Gasteiger partial charge in [-0.2, -0.15) is 5.10 Å². The SMILES string of the molecule is CC(C)(C)OC(=O)N[C@@H](C[C@@H]1CC(CO[Si](c2ccccc2)(c2ccccc2)C(C)(C)C)=NNC1=O)C(=O)OC(C)(C)C. The Hall–Kier alpha value is -3.50. The molecule has 2 aromatic carbocycles. The zero-order chi connectivity index (χ0) is 32.1. The second-order valence-electron chi connectivity index (χ2n) is 14.0. The van der Waals surface area contributed by atoms with E-state index in [2.05, 4.69) is 60.9 Å². The van der Waals surface area contributed by atoms with Crippen LogP contribution in [0, 0.1) is 5.92 Å². The molecular formula is C33H47N3O6Si. The maximum Gasteiger partial charge on any atom is 0.408 e. The smallest absolute Gasteiger partial charge is 0.408 e. The number of hydrazone groups is 1. The number of ether oxygens (including phenoxy) is 2. The first-order chi connectivity index (χ1) is 19.9. The summed E-state index contributed by atoms with van der Waals surface area (Å²) in [6.45, 7) is 17.2. The molecule has 9 nitrogen and oxygen atoms in total. The quantitative estimate of drug-likeness (QED) is 0.315. The van der Waals surface area contributed by atoms with Crippen LogP contribution in [0.2, 0.25) is 5.04 Å². The van der Waals surface area contributed by atoms with E-state index >= 15 is 0 Å². The number of alkyl carbamates (subject to hydrolysis) is 1. The lowest BCUT2D eigenvalue weighted by atomic mass is 9.92. The van der Waals surface area contributed by atoms with E-state index in [1.807, 2.05) is 36.4 Å². The van der Waals surface area contributed by atoms with E-state index < -0.39 is 43.5 Å². The van der Waals surface area contributed by atoms with Gasteiger partial charge in [-0.25, -0.2) is 15.0 Å². The summed E-state index contributed by atoms with van der Waals surface area (Å²) in [5.41, 5.74) is 1.72. The monoisotopic (exact) mass is 609 g/mol. The zero-order valence-electron chi connectivity index (χ0n) is 26.9. The van der Waals surface area contributed by atoms with Crippen LogP contribution in [-0.2, 0) is 23.5 Å². The number of carbonyl (C=O) groups is 3. The molecule has 0 radical (unpaired) electrons. The zero-order valence-corrected chi connectivity index (χ0v) is 27.9. The van der Waals surface area contributed by atoms with Gasteiger partial charge < -0.3 is 19.2 Å². The molecule has 1 aliphatic rings. The molecule has 3 rings (SSSR count). The van der Waals surface area contributed by atoms with Gasteiger partial charge in [-0.3, -0.25) is 4.79 Å². The van der Waals surface area contributed by atoms with Crippen LogP contribution in [0.4, 0.5) is 4.79 Å². The first-order valence-corrected chi connectivity index (χ1v) is 16.6. The Bertz CT molecular complexity index is 1250. The number of benzene rings is 2. The highest BCUT2D eigenvalue weighted by atomic mass is 28.4. The van der Waals surface area contributed by atoms with Crippen LogP contribution < -0.4 is 21.1 Å². The summed E-state index contributed by atoms with van der Waals surface area (Å²) in [5.74, 6) is -1.63. The minimum atomic E-state index is -2.83. The van der Waals surface area contributed by atoms with Crippen LogP contribution in [0.1, 0.15) is 75.2 Å². The maximum atomic E-state index is 13.1. The van der Waals surface area contributed by atoms with Crippen molar-refractivity contribution in [3.63, 3.8) is 0 Å². The Morgan fingerprint density at radius 1 is 0.884 bits per heavy atom. The largest absolute Gasteiger partial charge is 0.458 e. The summed E-state index contributed by atoms with van der Waals surface area (Å²) in [6.07, 6.45) is -0.485. The van der Waals surface area contributed by atoms with E-state index in [0.29, 0.717) is 5.71 Å². The van der Waals surface area contributed by atoms with Gasteiger partial charge in [-0.15, -0.1) is 0 Å². The van der Waals surface area contributed by atoms with Crippen molar-refractivity contribution in [2.45, 2.75) is 97.4 Å². The van der Waals surface area contributed by atoms with Gasteiger partial charge >= 0.3 is 12.1 Å². The van der Waals surface area contributed by atoms with Crippen LogP contribution in [0.15, 0.2) is 65.8 Å². The fourth-order valence-corrected chi connectivity index (χ4v) is 9.74. The topological polar surface area (TPSA) is 115 Å². The number of rotatable bonds is 9. The Labute approximate surface area is 256 Å². The second kappa shape index (κ2) is 13.4. The first kappa shape index (κ1) is 34.0. The Balaban J connectivity index is 1.86. The van der Waals surface area contributed by atoms with Gasteiger partial charge in [0.1, 0.15) is 17.2 Å². The maximum absolute atomic E-state index is 13.1. The Morgan fingerprint density at radius 3 is 1.86 bits per heavy atom. The summed E-state index contributed by atoms with van der Waals surface area (Å²) in [6, 6.07) is 19.5. The van der Waals surface area contributed by atoms with Gasteiger partial charge in [-0.1, -0.05) is 81.4 Å². The molecule has 0 saturated carbocycles. The fourth-order valence-electron chi connectivity index (χ4n) is 5.20. The van der Waals surface area contributed by atoms with Gasteiger partial charge in [0.15, 0.2) is 0 Å². The molecule has 0 bridgehead atoms. The number of hydrogen-bond acceptors (Lipinski definition) is 7. The van der Waals surface area contributed by atoms with Crippen molar-refractivity contribution in [2.75, 3.05) is 6.61 Å². The molecule has 2 N–H and O–H groups in total. The number of amides is 2. The van der Waals surface area contributed by atoms with E-state index in [-0.39, 0.29) is 30.4 Å². The lowest BCUT2D eigenvalue weighted by Gasteiger charge is -2.43. The molecule has 2 aromatic rings. The number of carbonyl (C=O) groups excluding carboxylic acids is 3. The molecule has 2 amide bonds. The lowest BCUT2D eigenvalue weighted by molar-refractivity contribution is -0.158. The molecule has 0 aromatic heterocycles. The molecule has 10 heteroatoms. The van der Waals surface area contributed by atoms with Crippen molar-refractivity contribution in [1.29, 1.82) is 0 Å². The average molecular weight is 610 g/mol. The van der Waals surface area contributed by atoms with Crippen molar-refractivity contribution in [3.8, 4) is 0 Å². The van der Waals surface area contributed by atoms with Crippen LogP contribution >= 0.6 is 0 Å². The van der Waals surface area contributed by atoms with Crippen molar-refractivity contribution in [2.24, 2.45) is 11.0 Å². The molecule has 0 saturated heterocycles. The van der Waals surface area contributed by atoms with Gasteiger partial charge in [0, 0.05) is 12.3 Å². The van der Waals surface area contributed by atoms with Crippen molar-refractivity contribution >= 4 is 42.4 Å². The molecule has 1 heterocycles. The summed E-state index contributed by atoms with van der Waals surface area (Å²) >= 11 is 0.